The number of aromatic nitrogens is 4. The van der Waals surface area contributed by atoms with Crippen LogP contribution in [0.2, 0.25) is 0 Å². The second kappa shape index (κ2) is 9.86. The van der Waals surface area contributed by atoms with Crippen LogP contribution in [0.4, 0.5) is 0 Å². The van der Waals surface area contributed by atoms with Gasteiger partial charge in [0.15, 0.2) is 5.79 Å². The smallest absolute Gasteiger partial charge is 0.308 e. The summed E-state index contributed by atoms with van der Waals surface area (Å²) in [4.78, 5) is 26.3. The fourth-order valence-electron chi connectivity index (χ4n) is 3.82. The molecule has 0 radical (unpaired) electrons. The van der Waals surface area contributed by atoms with E-state index in [0.717, 1.165) is 10.4 Å². The third-order valence-corrected chi connectivity index (χ3v) is 6.34. The van der Waals surface area contributed by atoms with Gasteiger partial charge >= 0.3 is 5.97 Å². The highest BCUT2D eigenvalue weighted by molar-refractivity contribution is 7.15. The lowest BCUT2D eigenvalue weighted by Crippen LogP contribution is -2.46. The maximum atomic E-state index is 13.0. The van der Waals surface area contributed by atoms with Crippen LogP contribution in [0.5, 0.6) is 0 Å². The summed E-state index contributed by atoms with van der Waals surface area (Å²) in [6, 6.07) is 0. The van der Waals surface area contributed by atoms with Gasteiger partial charge in [-0.3, -0.25) is 9.59 Å². The minimum Gasteiger partial charge on any atom is -0.460 e. The zero-order valence-electron chi connectivity index (χ0n) is 20.3. The van der Waals surface area contributed by atoms with E-state index in [4.69, 9.17) is 14.2 Å². The lowest BCUT2D eigenvalue weighted by atomic mass is 10.0. The van der Waals surface area contributed by atoms with Gasteiger partial charge < -0.3 is 19.5 Å². The van der Waals surface area contributed by atoms with Crippen molar-refractivity contribution in [3.63, 3.8) is 0 Å². The molecule has 1 saturated heterocycles. The quantitative estimate of drug-likeness (QED) is 0.602. The summed E-state index contributed by atoms with van der Waals surface area (Å²) in [6.45, 7) is 13.5. The molecule has 0 aliphatic carbocycles. The van der Waals surface area contributed by atoms with E-state index in [1.807, 2.05) is 48.5 Å². The molecular weight excluding hydrogens is 446 g/mol. The van der Waals surface area contributed by atoms with Gasteiger partial charge in [-0.2, -0.15) is 4.68 Å². The lowest BCUT2D eigenvalue weighted by molar-refractivity contribution is -0.300. The number of aryl methyl sites for hydroxylation is 1. The second-order valence-corrected chi connectivity index (χ2v) is 10.9. The van der Waals surface area contributed by atoms with Crippen LogP contribution in [0.3, 0.4) is 0 Å². The molecule has 0 aromatic carbocycles. The number of nitrogens with one attached hydrogen (secondary N) is 1. The first-order valence-corrected chi connectivity index (χ1v) is 11.9. The van der Waals surface area contributed by atoms with Crippen molar-refractivity contribution in [2.45, 2.75) is 91.3 Å². The summed E-state index contributed by atoms with van der Waals surface area (Å²) in [5, 5.41) is 14.9. The van der Waals surface area contributed by atoms with E-state index in [2.05, 4.69) is 20.8 Å². The standard InChI is InChI=1S/C22H33N5O5S/c1-13-14(2)33-20(27-12-24-25-26-27)18(13)19(29)23-9-8-15-10-16(31-22(6,7)30-15)11-17(28)32-21(3,4)5/h12,15-16H,8-11H2,1-7H3,(H,23,29)/t15-,16+/m0/s1. The van der Waals surface area contributed by atoms with Gasteiger partial charge in [0.2, 0.25) is 0 Å². The van der Waals surface area contributed by atoms with E-state index in [-0.39, 0.29) is 30.5 Å². The fraction of sp³-hybridized carbons (Fsp3) is 0.682. The monoisotopic (exact) mass is 479 g/mol. The Balaban J connectivity index is 1.59. The van der Waals surface area contributed by atoms with E-state index in [0.29, 0.717) is 30.0 Å². The maximum absolute atomic E-state index is 13.0. The first kappa shape index (κ1) is 25.3. The van der Waals surface area contributed by atoms with Crippen molar-refractivity contribution in [2.24, 2.45) is 0 Å². The predicted octanol–water partition coefficient (Wildman–Crippen LogP) is 3.10. The molecule has 3 heterocycles. The number of hydrogen-bond donors (Lipinski definition) is 1. The molecular formula is C22H33N5O5S. The normalized spacial score (nSPS) is 20.5. The molecule has 1 aliphatic rings. The Bertz CT molecular complexity index is 980. The van der Waals surface area contributed by atoms with Crippen LogP contribution >= 0.6 is 11.3 Å². The number of thiophene rings is 1. The van der Waals surface area contributed by atoms with Crippen molar-refractivity contribution in [1.29, 1.82) is 0 Å². The third-order valence-electron chi connectivity index (χ3n) is 5.14. The number of esters is 1. The first-order valence-electron chi connectivity index (χ1n) is 11.0. The second-order valence-electron chi connectivity index (χ2n) is 9.67. The Morgan fingerprint density at radius 1 is 1.27 bits per heavy atom. The summed E-state index contributed by atoms with van der Waals surface area (Å²) in [6.07, 6.45) is 2.31. The molecule has 3 rings (SSSR count). The van der Waals surface area contributed by atoms with Crippen molar-refractivity contribution < 1.29 is 23.8 Å². The number of amides is 1. The van der Waals surface area contributed by atoms with Crippen LogP contribution in [0, 0.1) is 13.8 Å². The Kier molecular flexibility index (Phi) is 7.55. The molecule has 10 nitrogen and oxygen atoms in total. The van der Waals surface area contributed by atoms with E-state index >= 15 is 0 Å². The zero-order valence-corrected chi connectivity index (χ0v) is 21.1. The highest BCUT2D eigenvalue weighted by Crippen LogP contribution is 2.31. The minimum atomic E-state index is -0.825. The maximum Gasteiger partial charge on any atom is 0.308 e. The molecule has 1 aliphatic heterocycles. The Morgan fingerprint density at radius 2 is 1.97 bits per heavy atom. The molecule has 2 aromatic heterocycles. The van der Waals surface area contributed by atoms with Crippen molar-refractivity contribution in [3.05, 3.63) is 22.3 Å². The SMILES string of the molecule is Cc1sc(-n2cnnn2)c(C(=O)NCC[C@H]2C[C@H](CC(=O)OC(C)(C)C)OC(C)(C)O2)c1C. The molecule has 11 heteroatoms. The number of carbonyl (C=O) groups excluding carboxylic acids is 2. The van der Waals surface area contributed by atoms with Crippen molar-refractivity contribution in [1.82, 2.24) is 25.5 Å². The van der Waals surface area contributed by atoms with E-state index in [9.17, 15) is 9.59 Å². The average molecular weight is 480 g/mol. The third kappa shape index (κ3) is 6.81. The number of ether oxygens (including phenoxy) is 3. The molecule has 1 fully saturated rings. The number of rotatable bonds is 7. The van der Waals surface area contributed by atoms with Gasteiger partial charge in [0.25, 0.3) is 5.91 Å². The Labute approximate surface area is 198 Å². The van der Waals surface area contributed by atoms with Gasteiger partial charge in [0.05, 0.1) is 24.2 Å². The van der Waals surface area contributed by atoms with Crippen LogP contribution in [-0.2, 0) is 19.0 Å². The van der Waals surface area contributed by atoms with Gasteiger partial charge in [-0.1, -0.05) is 0 Å². The molecule has 2 aromatic rings. The van der Waals surface area contributed by atoms with Crippen LogP contribution < -0.4 is 5.32 Å². The van der Waals surface area contributed by atoms with Crippen LogP contribution in [0.1, 0.15) is 74.7 Å². The van der Waals surface area contributed by atoms with Crippen LogP contribution in [0.25, 0.3) is 5.00 Å². The van der Waals surface area contributed by atoms with Crippen LogP contribution in [-0.4, -0.2) is 62.2 Å². The van der Waals surface area contributed by atoms with Gasteiger partial charge in [-0.05, 0) is 70.9 Å². The number of carbonyl (C=O) groups is 2. The molecule has 0 bridgehead atoms. The molecule has 0 saturated carbocycles. The summed E-state index contributed by atoms with van der Waals surface area (Å²) in [7, 11) is 0. The molecule has 0 spiro atoms. The van der Waals surface area contributed by atoms with Gasteiger partial charge in [0.1, 0.15) is 16.9 Å². The Hall–Kier alpha value is -2.37. The largest absolute Gasteiger partial charge is 0.460 e. The molecule has 2 atom stereocenters. The lowest BCUT2D eigenvalue weighted by Gasteiger charge is -2.40. The van der Waals surface area contributed by atoms with E-state index in [1.165, 1.54) is 22.3 Å². The predicted molar refractivity (Wildman–Crippen MR) is 122 cm³/mol. The van der Waals surface area contributed by atoms with Crippen molar-refractivity contribution >= 4 is 23.2 Å². The average Bonchev–Trinajstić information content (AvgIpc) is 3.27. The van der Waals surface area contributed by atoms with Crippen molar-refractivity contribution in [3.8, 4) is 5.00 Å². The summed E-state index contributed by atoms with van der Waals surface area (Å²) >= 11 is 1.47. The number of tetrazole rings is 1. The topological polar surface area (TPSA) is 117 Å². The number of hydrogen-bond acceptors (Lipinski definition) is 9. The molecule has 33 heavy (non-hydrogen) atoms. The van der Waals surface area contributed by atoms with Gasteiger partial charge in [0, 0.05) is 17.8 Å². The summed E-state index contributed by atoms with van der Waals surface area (Å²) in [5.41, 5.74) is 0.936. The van der Waals surface area contributed by atoms with Gasteiger partial charge in [-0.15, -0.1) is 16.4 Å². The van der Waals surface area contributed by atoms with Crippen molar-refractivity contribution in [2.75, 3.05) is 6.54 Å². The Morgan fingerprint density at radius 3 is 2.61 bits per heavy atom. The molecule has 1 amide bonds. The van der Waals surface area contributed by atoms with Crippen LogP contribution in [0.15, 0.2) is 6.33 Å². The molecule has 0 unspecified atom stereocenters. The number of nitrogens with zero attached hydrogens (tertiary/aromatic N) is 4. The molecule has 182 valence electrons. The molecule has 1 N–H and O–H groups in total. The van der Waals surface area contributed by atoms with E-state index in [1.54, 1.807) is 0 Å². The zero-order chi connectivity index (χ0) is 24.4. The first-order chi connectivity index (χ1) is 15.3. The highest BCUT2D eigenvalue weighted by Gasteiger charge is 2.37. The van der Waals surface area contributed by atoms with E-state index < -0.39 is 11.4 Å². The minimum absolute atomic E-state index is 0.161. The summed E-state index contributed by atoms with van der Waals surface area (Å²) < 4.78 is 18.9. The van der Waals surface area contributed by atoms with Gasteiger partial charge in [-0.25, -0.2) is 0 Å². The highest BCUT2D eigenvalue weighted by atomic mass is 32.1. The summed E-state index contributed by atoms with van der Waals surface area (Å²) in [5.74, 6) is -1.30. The fourth-order valence-corrected chi connectivity index (χ4v) is 4.89.